The maximum atomic E-state index is 6.17. The summed E-state index contributed by atoms with van der Waals surface area (Å²) in [5, 5.41) is 3.90. The fourth-order valence-electron chi connectivity index (χ4n) is 3.76. The molecule has 0 aliphatic heterocycles. The van der Waals surface area contributed by atoms with E-state index >= 15 is 0 Å². The van der Waals surface area contributed by atoms with Crippen LogP contribution in [0.4, 0.5) is 0 Å². The molecule has 1 aliphatic rings. The first-order valence-electron chi connectivity index (χ1n) is 8.66. The SMILES string of the molecule is CC(C)C(CNC1(CN)CCCC(C)(C)CC1)C(C)C. The Bertz CT molecular complexity index is 275. The molecule has 0 bridgehead atoms. The predicted octanol–water partition coefficient (Wildman–Crippen LogP) is 4.19. The van der Waals surface area contributed by atoms with Gasteiger partial charge in [-0.25, -0.2) is 0 Å². The molecule has 0 radical (unpaired) electrons. The third-order valence-electron chi connectivity index (χ3n) is 5.61. The van der Waals surface area contributed by atoms with E-state index in [4.69, 9.17) is 5.73 Å². The van der Waals surface area contributed by atoms with Crippen molar-refractivity contribution in [2.75, 3.05) is 13.1 Å². The van der Waals surface area contributed by atoms with E-state index in [0.717, 1.165) is 30.8 Å². The average Bonchev–Trinajstić information content (AvgIpc) is 2.48. The number of nitrogens with two attached hydrogens (primary N) is 1. The van der Waals surface area contributed by atoms with Crippen molar-refractivity contribution in [2.24, 2.45) is 28.9 Å². The van der Waals surface area contributed by atoms with E-state index in [1.54, 1.807) is 0 Å². The monoisotopic (exact) mass is 282 g/mol. The molecule has 3 N–H and O–H groups in total. The largest absolute Gasteiger partial charge is 0.329 e. The van der Waals surface area contributed by atoms with Crippen LogP contribution in [-0.4, -0.2) is 18.6 Å². The molecule has 1 atom stereocenters. The zero-order valence-electron chi connectivity index (χ0n) is 14.8. The summed E-state index contributed by atoms with van der Waals surface area (Å²) in [5.41, 5.74) is 6.86. The molecule has 0 amide bonds. The lowest BCUT2D eigenvalue weighted by atomic mass is 9.82. The molecular formula is C18H38N2. The van der Waals surface area contributed by atoms with Gasteiger partial charge < -0.3 is 11.1 Å². The molecule has 1 aliphatic carbocycles. The number of nitrogens with one attached hydrogen (secondary N) is 1. The third-order valence-corrected chi connectivity index (χ3v) is 5.61. The van der Waals surface area contributed by atoms with Gasteiger partial charge in [-0.2, -0.15) is 0 Å². The first kappa shape index (κ1) is 18.0. The highest BCUT2D eigenvalue weighted by molar-refractivity contribution is 4.94. The van der Waals surface area contributed by atoms with Crippen molar-refractivity contribution in [3.8, 4) is 0 Å². The van der Waals surface area contributed by atoms with Crippen LogP contribution in [0.3, 0.4) is 0 Å². The summed E-state index contributed by atoms with van der Waals surface area (Å²) >= 11 is 0. The van der Waals surface area contributed by atoms with Gasteiger partial charge in [0, 0.05) is 12.1 Å². The van der Waals surface area contributed by atoms with Crippen molar-refractivity contribution in [3.63, 3.8) is 0 Å². The van der Waals surface area contributed by atoms with Crippen molar-refractivity contribution in [1.29, 1.82) is 0 Å². The van der Waals surface area contributed by atoms with Crippen molar-refractivity contribution in [2.45, 2.75) is 79.2 Å². The highest BCUT2D eigenvalue weighted by Gasteiger charge is 2.35. The fourth-order valence-corrected chi connectivity index (χ4v) is 3.76. The van der Waals surface area contributed by atoms with Crippen LogP contribution in [0.2, 0.25) is 0 Å². The smallest absolute Gasteiger partial charge is 0.0304 e. The normalized spacial score (nSPS) is 27.3. The van der Waals surface area contributed by atoms with E-state index in [-0.39, 0.29) is 5.54 Å². The van der Waals surface area contributed by atoms with Gasteiger partial charge in [-0.05, 0) is 55.4 Å². The summed E-state index contributed by atoms with van der Waals surface area (Å²) in [7, 11) is 0. The van der Waals surface area contributed by atoms with Gasteiger partial charge in [0.1, 0.15) is 0 Å². The van der Waals surface area contributed by atoms with Crippen LogP contribution >= 0.6 is 0 Å². The molecule has 120 valence electrons. The Labute approximate surface area is 127 Å². The first-order valence-corrected chi connectivity index (χ1v) is 8.66. The van der Waals surface area contributed by atoms with Crippen LogP contribution < -0.4 is 11.1 Å². The molecule has 20 heavy (non-hydrogen) atoms. The zero-order valence-corrected chi connectivity index (χ0v) is 14.8. The molecule has 0 heterocycles. The Morgan fingerprint density at radius 2 is 1.55 bits per heavy atom. The lowest BCUT2D eigenvalue weighted by Crippen LogP contribution is -2.53. The minimum atomic E-state index is 0.190. The first-order chi connectivity index (χ1) is 9.21. The van der Waals surface area contributed by atoms with E-state index in [1.807, 2.05) is 0 Å². The van der Waals surface area contributed by atoms with Gasteiger partial charge in [0.05, 0.1) is 0 Å². The number of hydrogen-bond acceptors (Lipinski definition) is 2. The second-order valence-corrected chi connectivity index (χ2v) is 8.54. The molecule has 0 aromatic carbocycles. The van der Waals surface area contributed by atoms with E-state index < -0.39 is 0 Å². The molecule has 0 aromatic rings. The Kier molecular flexibility index (Phi) is 6.53. The van der Waals surface area contributed by atoms with Crippen LogP contribution in [0.5, 0.6) is 0 Å². The quantitative estimate of drug-likeness (QED) is 0.717. The van der Waals surface area contributed by atoms with Gasteiger partial charge in [-0.1, -0.05) is 48.0 Å². The molecule has 2 nitrogen and oxygen atoms in total. The van der Waals surface area contributed by atoms with E-state index in [9.17, 15) is 0 Å². The summed E-state index contributed by atoms with van der Waals surface area (Å²) in [6.07, 6.45) is 6.43. The lowest BCUT2D eigenvalue weighted by Gasteiger charge is -2.37. The van der Waals surface area contributed by atoms with Crippen molar-refractivity contribution in [1.82, 2.24) is 5.32 Å². The van der Waals surface area contributed by atoms with Crippen LogP contribution in [-0.2, 0) is 0 Å². The zero-order chi connectivity index (χ0) is 15.4. The van der Waals surface area contributed by atoms with Gasteiger partial charge in [-0.15, -0.1) is 0 Å². The number of hydrogen-bond donors (Lipinski definition) is 2. The van der Waals surface area contributed by atoms with Gasteiger partial charge in [0.25, 0.3) is 0 Å². The lowest BCUT2D eigenvalue weighted by molar-refractivity contribution is 0.211. The van der Waals surface area contributed by atoms with Gasteiger partial charge >= 0.3 is 0 Å². The van der Waals surface area contributed by atoms with Crippen molar-refractivity contribution < 1.29 is 0 Å². The molecule has 1 fully saturated rings. The van der Waals surface area contributed by atoms with Gasteiger partial charge in [-0.3, -0.25) is 0 Å². The highest BCUT2D eigenvalue weighted by atomic mass is 15.0. The number of rotatable bonds is 6. The summed E-state index contributed by atoms with van der Waals surface area (Å²) in [6.45, 7) is 16.1. The van der Waals surface area contributed by atoms with Crippen LogP contribution in [0.15, 0.2) is 0 Å². The van der Waals surface area contributed by atoms with Crippen molar-refractivity contribution >= 4 is 0 Å². The molecule has 0 aromatic heterocycles. The van der Waals surface area contributed by atoms with E-state index in [0.29, 0.717) is 5.41 Å². The van der Waals surface area contributed by atoms with Crippen LogP contribution in [0.1, 0.15) is 73.6 Å². The molecule has 0 spiro atoms. The van der Waals surface area contributed by atoms with Crippen molar-refractivity contribution in [3.05, 3.63) is 0 Å². The Balaban J connectivity index is 2.65. The summed E-state index contributed by atoms with van der Waals surface area (Å²) in [4.78, 5) is 0. The molecule has 1 unspecified atom stereocenters. The van der Waals surface area contributed by atoms with Gasteiger partial charge in [0.2, 0.25) is 0 Å². The minimum Gasteiger partial charge on any atom is -0.329 e. The summed E-state index contributed by atoms with van der Waals surface area (Å²) in [6, 6.07) is 0. The second-order valence-electron chi connectivity index (χ2n) is 8.54. The molecule has 2 heteroatoms. The summed E-state index contributed by atoms with van der Waals surface area (Å²) < 4.78 is 0. The summed E-state index contributed by atoms with van der Waals surface area (Å²) in [5.74, 6) is 2.22. The molecular weight excluding hydrogens is 244 g/mol. The maximum absolute atomic E-state index is 6.17. The topological polar surface area (TPSA) is 38.0 Å². The fraction of sp³-hybridized carbons (Fsp3) is 1.00. The van der Waals surface area contributed by atoms with E-state index in [1.165, 1.54) is 32.1 Å². The molecule has 1 rings (SSSR count). The van der Waals surface area contributed by atoms with E-state index in [2.05, 4.69) is 46.9 Å². The second kappa shape index (κ2) is 7.26. The molecule has 1 saturated carbocycles. The van der Waals surface area contributed by atoms with Gasteiger partial charge in [0.15, 0.2) is 0 Å². The maximum Gasteiger partial charge on any atom is 0.0304 e. The average molecular weight is 283 g/mol. The Morgan fingerprint density at radius 1 is 0.950 bits per heavy atom. The minimum absolute atomic E-state index is 0.190. The standard InChI is InChI=1S/C18H38N2/c1-14(2)16(15(3)4)12-20-18(13-19)9-7-8-17(5,6)10-11-18/h14-16,20H,7-13,19H2,1-6H3. The predicted molar refractivity (Wildman–Crippen MR) is 89.8 cm³/mol. The van der Waals surface area contributed by atoms with Crippen LogP contribution in [0.25, 0.3) is 0 Å². The Hall–Kier alpha value is -0.0800. The highest BCUT2D eigenvalue weighted by Crippen LogP contribution is 2.38. The third kappa shape index (κ3) is 5.04. The Morgan fingerprint density at radius 3 is 2.05 bits per heavy atom. The van der Waals surface area contributed by atoms with Crippen LogP contribution in [0, 0.1) is 23.2 Å². The molecule has 0 saturated heterocycles.